The maximum Gasteiger partial charge on any atom is 0.270 e. The number of aromatic amines is 1. The van der Waals surface area contributed by atoms with Gasteiger partial charge in [0.2, 0.25) is 0 Å². The molecule has 1 aromatic heterocycles. The number of amides is 1. The van der Waals surface area contributed by atoms with E-state index < -0.39 is 0 Å². The van der Waals surface area contributed by atoms with Gasteiger partial charge in [-0.25, -0.2) is 0 Å². The SMILES string of the molecule is O=C(c1cc2cc(Br)ccc2[nH]1)N1CCC(CO)CC1. The number of nitrogens with zero attached hydrogens (tertiary/aromatic N) is 1. The van der Waals surface area contributed by atoms with Crippen molar-refractivity contribution < 1.29 is 9.90 Å². The Balaban J connectivity index is 1.79. The van der Waals surface area contributed by atoms with Crippen LogP contribution in [0.5, 0.6) is 0 Å². The van der Waals surface area contributed by atoms with E-state index in [1.807, 2.05) is 29.2 Å². The monoisotopic (exact) mass is 336 g/mol. The van der Waals surface area contributed by atoms with Crippen LogP contribution in [-0.4, -0.2) is 40.6 Å². The summed E-state index contributed by atoms with van der Waals surface area (Å²) in [6.07, 6.45) is 1.77. The number of carbonyl (C=O) groups is 1. The molecular weight excluding hydrogens is 320 g/mol. The summed E-state index contributed by atoms with van der Waals surface area (Å²) in [4.78, 5) is 17.5. The lowest BCUT2D eigenvalue weighted by atomic mass is 9.98. The van der Waals surface area contributed by atoms with Crippen LogP contribution < -0.4 is 0 Å². The molecule has 2 aromatic rings. The van der Waals surface area contributed by atoms with Crippen molar-refractivity contribution in [1.29, 1.82) is 0 Å². The molecule has 2 N–H and O–H groups in total. The molecule has 5 heteroatoms. The average molecular weight is 337 g/mol. The zero-order chi connectivity index (χ0) is 14.1. The number of nitrogens with one attached hydrogen (secondary N) is 1. The number of carbonyl (C=O) groups excluding carboxylic acids is 1. The number of halogens is 1. The molecule has 4 nitrogen and oxygen atoms in total. The Morgan fingerprint density at radius 1 is 1.35 bits per heavy atom. The van der Waals surface area contributed by atoms with Gasteiger partial charge in [-0.05, 0) is 43.0 Å². The predicted molar refractivity (Wildman–Crippen MR) is 81.7 cm³/mol. The molecular formula is C15H17BrN2O2. The van der Waals surface area contributed by atoms with Gasteiger partial charge >= 0.3 is 0 Å². The third kappa shape index (κ3) is 2.60. The molecule has 3 rings (SSSR count). The van der Waals surface area contributed by atoms with E-state index in [9.17, 15) is 4.79 Å². The number of hydrogen-bond donors (Lipinski definition) is 2. The van der Waals surface area contributed by atoms with E-state index in [-0.39, 0.29) is 12.5 Å². The first-order valence-electron chi connectivity index (χ1n) is 6.86. The molecule has 106 valence electrons. The second kappa shape index (κ2) is 5.58. The molecule has 0 spiro atoms. The molecule has 0 atom stereocenters. The Labute approximate surface area is 125 Å². The molecule has 1 aliphatic heterocycles. The Kier molecular flexibility index (Phi) is 3.81. The normalized spacial score (nSPS) is 16.8. The maximum absolute atomic E-state index is 12.5. The smallest absolute Gasteiger partial charge is 0.270 e. The summed E-state index contributed by atoms with van der Waals surface area (Å²) in [5.74, 6) is 0.395. The van der Waals surface area contributed by atoms with Gasteiger partial charge in [0.1, 0.15) is 5.69 Å². The first kappa shape index (κ1) is 13.6. The van der Waals surface area contributed by atoms with Crippen molar-refractivity contribution >= 4 is 32.7 Å². The standard InChI is InChI=1S/C15H17BrN2O2/c16-12-1-2-13-11(7-12)8-14(17-13)15(20)18-5-3-10(9-19)4-6-18/h1-2,7-8,10,17,19H,3-6,9H2. The number of hydrogen-bond acceptors (Lipinski definition) is 2. The number of aliphatic hydroxyl groups is 1. The van der Waals surface area contributed by atoms with Crippen molar-refractivity contribution in [3.05, 3.63) is 34.4 Å². The van der Waals surface area contributed by atoms with Crippen molar-refractivity contribution in [1.82, 2.24) is 9.88 Å². The molecule has 0 radical (unpaired) electrons. The number of piperidine rings is 1. The minimum Gasteiger partial charge on any atom is -0.396 e. The summed E-state index contributed by atoms with van der Waals surface area (Å²) in [5, 5.41) is 10.2. The van der Waals surface area contributed by atoms with Crippen LogP contribution in [0.2, 0.25) is 0 Å². The van der Waals surface area contributed by atoms with Crippen molar-refractivity contribution in [2.24, 2.45) is 5.92 Å². The van der Waals surface area contributed by atoms with Gasteiger partial charge in [-0.3, -0.25) is 4.79 Å². The highest BCUT2D eigenvalue weighted by molar-refractivity contribution is 9.10. The van der Waals surface area contributed by atoms with Gasteiger partial charge in [0, 0.05) is 35.1 Å². The van der Waals surface area contributed by atoms with Crippen molar-refractivity contribution in [3.63, 3.8) is 0 Å². The van der Waals surface area contributed by atoms with Crippen LogP contribution in [0.15, 0.2) is 28.7 Å². The third-order valence-electron chi connectivity index (χ3n) is 3.97. The first-order valence-corrected chi connectivity index (χ1v) is 7.65. The summed E-state index contributed by atoms with van der Waals surface area (Å²) < 4.78 is 1.01. The number of rotatable bonds is 2. The molecule has 1 aliphatic rings. The predicted octanol–water partition coefficient (Wildman–Crippen LogP) is 2.77. The highest BCUT2D eigenvalue weighted by Gasteiger charge is 2.24. The molecule has 1 fully saturated rings. The second-order valence-electron chi connectivity index (χ2n) is 5.33. The van der Waals surface area contributed by atoms with E-state index in [0.717, 1.165) is 41.3 Å². The van der Waals surface area contributed by atoms with E-state index in [2.05, 4.69) is 20.9 Å². The number of fused-ring (bicyclic) bond motifs is 1. The lowest BCUT2D eigenvalue weighted by Crippen LogP contribution is -2.39. The van der Waals surface area contributed by atoms with E-state index >= 15 is 0 Å². The summed E-state index contributed by atoms with van der Waals surface area (Å²) in [6.45, 7) is 1.68. The molecule has 0 saturated carbocycles. The van der Waals surface area contributed by atoms with Gasteiger partial charge in [0.05, 0.1) is 0 Å². The summed E-state index contributed by atoms with van der Waals surface area (Å²) in [6, 6.07) is 7.83. The van der Waals surface area contributed by atoms with Crippen LogP contribution in [-0.2, 0) is 0 Å². The molecule has 0 bridgehead atoms. The fourth-order valence-corrected chi connectivity index (χ4v) is 3.09. The number of H-pyrrole nitrogens is 1. The van der Waals surface area contributed by atoms with Crippen LogP contribution in [0.4, 0.5) is 0 Å². The van der Waals surface area contributed by atoms with E-state index in [1.54, 1.807) is 0 Å². The average Bonchev–Trinajstić information content (AvgIpc) is 2.89. The lowest BCUT2D eigenvalue weighted by molar-refractivity contribution is 0.0646. The van der Waals surface area contributed by atoms with Gasteiger partial charge in [-0.2, -0.15) is 0 Å². The Morgan fingerprint density at radius 3 is 2.80 bits per heavy atom. The van der Waals surface area contributed by atoms with E-state index in [4.69, 9.17) is 5.11 Å². The number of aromatic nitrogens is 1. The van der Waals surface area contributed by atoms with Gasteiger partial charge in [-0.1, -0.05) is 15.9 Å². The van der Waals surface area contributed by atoms with E-state index in [0.29, 0.717) is 11.6 Å². The maximum atomic E-state index is 12.5. The zero-order valence-corrected chi connectivity index (χ0v) is 12.7. The second-order valence-corrected chi connectivity index (χ2v) is 6.25. The fraction of sp³-hybridized carbons (Fsp3) is 0.400. The molecule has 20 heavy (non-hydrogen) atoms. The Bertz CT molecular complexity index is 630. The minimum atomic E-state index is 0.0497. The minimum absolute atomic E-state index is 0.0497. The number of aliphatic hydroxyl groups excluding tert-OH is 1. The van der Waals surface area contributed by atoms with Crippen molar-refractivity contribution in [3.8, 4) is 0 Å². The zero-order valence-electron chi connectivity index (χ0n) is 11.1. The molecule has 0 aliphatic carbocycles. The van der Waals surface area contributed by atoms with E-state index in [1.165, 1.54) is 0 Å². The van der Waals surface area contributed by atoms with Crippen LogP contribution >= 0.6 is 15.9 Å². The summed E-state index contributed by atoms with van der Waals surface area (Å²) in [7, 11) is 0. The van der Waals surface area contributed by atoms with Gasteiger partial charge in [-0.15, -0.1) is 0 Å². The highest BCUT2D eigenvalue weighted by atomic mass is 79.9. The number of benzene rings is 1. The lowest BCUT2D eigenvalue weighted by Gasteiger charge is -2.30. The van der Waals surface area contributed by atoms with Gasteiger partial charge < -0.3 is 15.0 Å². The summed E-state index contributed by atoms with van der Waals surface area (Å²) in [5.41, 5.74) is 1.61. The fourth-order valence-electron chi connectivity index (χ4n) is 2.71. The Morgan fingerprint density at radius 2 is 2.10 bits per heavy atom. The topological polar surface area (TPSA) is 56.3 Å². The quantitative estimate of drug-likeness (QED) is 0.885. The highest BCUT2D eigenvalue weighted by Crippen LogP contribution is 2.23. The van der Waals surface area contributed by atoms with Crippen molar-refractivity contribution in [2.45, 2.75) is 12.8 Å². The molecule has 1 amide bonds. The first-order chi connectivity index (χ1) is 9.67. The van der Waals surface area contributed by atoms with Crippen LogP contribution in [0.1, 0.15) is 23.3 Å². The molecule has 2 heterocycles. The Hall–Kier alpha value is -1.33. The van der Waals surface area contributed by atoms with Gasteiger partial charge in [0.25, 0.3) is 5.91 Å². The van der Waals surface area contributed by atoms with Crippen molar-refractivity contribution in [2.75, 3.05) is 19.7 Å². The van der Waals surface area contributed by atoms with Crippen LogP contribution in [0.3, 0.4) is 0 Å². The van der Waals surface area contributed by atoms with Crippen LogP contribution in [0, 0.1) is 5.92 Å². The summed E-state index contributed by atoms with van der Waals surface area (Å²) >= 11 is 3.44. The molecule has 1 aromatic carbocycles. The molecule has 0 unspecified atom stereocenters. The third-order valence-corrected chi connectivity index (χ3v) is 4.47. The van der Waals surface area contributed by atoms with Crippen LogP contribution in [0.25, 0.3) is 10.9 Å². The number of likely N-dealkylation sites (tertiary alicyclic amines) is 1. The molecule has 1 saturated heterocycles. The largest absolute Gasteiger partial charge is 0.396 e. The van der Waals surface area contributed by atoms with Gasteiger partial charge in [0.15, 0.2) is 0 Å².